The van der Waals surface area contributed by atoms with E-state index < -0.39 is 24.0 Å². The summed E-state index contributed by atoms with van der Waals surface area (Å²) in [5.74, 6) is -1.32. The van der Waals surface area contributed by atoms with Gasteiger partial charge < -0.3 is 20.8 Å². The lowest BCUT2D eigenvalue weighted by atomic mass is 10.00. The van der Waals surface area contributed by atoms with Crippen molar-refractivity contribution in [3.05, 3.63) is 0 Å². The number of hydrogen-bond donors (Lipinski definition) is 4. The average Bonchev–Trinajstić information content (AvgIpc) is 2.92. The predicted octanol–water partition coefficient (Wildman–Crippen LogP) is 1.70. The van der Waals surface area contributed by atoms with Crippen LogP contribution in [0.4, 0.5) is 0 Å². The predicted molar refractivity (Wildman–Crippen MR) is 82.4 cm³/mol. The molecule has 0 aliphatic heterocycles. The van der Waals surface area contributed by atoms with Crippen molar-refractivity contribution in [3.8, 4) is 0 Å². The molecule has 6 nitrogen and oxygen atoms in total. The fraction of sp³-hybridized carbons (Fsp3) is 0.867. The summed E-state index contributed by atoms with van der Waals surface area (Å²) in [7, 11) is 1.67. The molecule has 0 aromatic carbocycles. The van der Waals surface area contributed by atoms with Crippen LogP contribution in [-0.2, 0) is 9.59 Å². The van der Waals surface area contributed by atoms with Crippen molar-refractivity contribution in [3.63, 3.8) is 0 Å². The Balaban J connectivity index is 0.000000384. The summed E-state index contributed by atoms with van der Waals surface area (Å²) < 4.78 is 0. The van der Waals surface area contributed by atoms with E-state index in [2.05, 4.69) is 10.6 Å². The molecule has 1 aliphatic rings. The lowest BCUT2D eigenvalue weighted by molar-refractivity contribution is -0.141. The molecule has 21 heavy (non-hydrogen) atoms. The Labute approximate surface area is 127 Å². The molecule has 1 rings (SSSR count). The van der Waals surface area contributed by atoms with E-state index in [-0.39, 0.29) is 5.92 Å². The van der Waals surface area contributed by atoms with Gasteiger partial charge in [-0.2, -0.15) is 0 Å². The molecule has 0 amide bonds. The molecule has 0 aromatic rings. The number of carboxylic acids is 2. The van der Waals surface area contributed by atoms with Crippen molar-refractivity contribution in [2.24, 2.45) is 5.92 Å². The Bertz CT molecular complexity index is 317. The van der Waals surface area contributed by atoms with Crippen LogP contribution in [0.25, 0.3) is 0 Å². The molecule has 3 atom stereocenters. The second-order valence-corrected chi connectivity index (χ2v) is 5.70. The summed E-state index contributed by atoms with van der Waals surface area (Å²) in [6, 6.07) is -0.343. The topological polar surface area (TPSA) is 98.7 Å². The van der Waals surface area contributed by atoms with Crippen molar-refractivity contribution in [2.75, 3.05) is 7.05 Å². The highest BCUT2D eigenvalue weighted by Gasteiger charge is 2.20. The maximum Gasteiger partial charge on any atom is 0.320 e. The van der Waals surface area contributed by atoms with E-state index in [1.54, 1.807) is 14.0 Å². The monoisotopic (exact) mass is 302 g/mol. The normalized spacial score (nSPS) is 19.2. The molecule has 6 heteroatoms. The van der Waals surface area contributed by atoms with Gasteiger partial charge in [-0.15, -0.1) is 0 Å². The molecule has 1 saturated carbocycles. The van der Waals surface area contributed by atoms with Crippen LogP contribution in [0.3, 0.4) is 0 Å². The maximum absolute atomic E-state index is 10.5. The summed E-state index contributed by atoms with van der Waals surface area (Å²) in [5, 5.41) is 23.0. The molecule has 0 heterocycles. The molecule has 1 fully saturated rings. The number of rotatable bonds is 7. The zero-order valence-corrected chi connectivity index (χ0v) is 13.6. The first kappa shape index (κ1) is 19.9. The lowest BCUT2D eigenvalue weighted by Gasteiger charge is -2.16. The van der Waals surface area contributed by atoms with Crippen molar-refractivity contribution in [2.45, 2.75) is 71.0 Å². The van der Waals surface area contributed by atoms with Gasteiger partial charge in [0, 0.05) is 6.04 Å². The number of hydrogen-bond acceptors (Lipinski definition) is 4. The SMILES string of the molecule is CC[C@H](C)[C@H](NC)C(=O)O.C[C@H](NC1CCCC1)C(=O)O. The number of carbonyl (C=O) groups is 2. The fourth-order valence-corrected chi connectivity index (χ4v) is 2.40. The second-order valence-electron chi connectivity index (χ2n) is 5.70. The van der Waals surface area contributed by atoms with Gasteiger partial charge in [-0.25, -0.2) is 0 Å². The molecule has 1 aliphatic carbocycles. The minimum atomic E-state index is -0.767. The second kappa shape index (κ2) is 10.6. The van der Waals surface area contributed by atoms with Crippen LogP contribution >= 0.6 is 0 Å². The molecule has 0 bridgehead atoms. The minimum Gasteiger partial charge on any atom is -0.480 e. The highest BCUT2D eigenvalue weighted by atomic mass is 16.4. The number of nitrogens with one attached hydrogen (secondary N) is 2. The number of carboxylic acid groups (broad SMARTS) is 2. The van der Waals surface area contributed by atoms with Gasteiger partial charge in [0.25, 0.3) is 0 Å². The average molecular weight is 302 g/mol. The molecular formula is C15H30N2O4. The van der Waals surface area contributed by atoms with Crippen molar-refractivity contribution in [1.29, 1.82) is 0 Å². The van der Waals surface area contributed by atoms with Gasteiger partial charge in [0.1, 0.15) is 12.1 Å². The first-order valence-corrected chi connectivity index (χ1v) is 7.72. The Morgan fingerprint density at radius 3 is 1.95 bits per heavy atom. The minimum absolute atomic E-state index is 0.197. The number of likely N-dealkylation sites (N-methyl/N-ethyl adjacent to an activating group) is 1. The van der Waals surface area contributed by atoms with Crippen LogP contribution < -0.4 is 10.6 Å². The van der Waals surface area contributed by atoms with E-state index in [4.69, 9.17) is 10.2 Å². The van der Waals surface area contributed by atoms with E-state index in [0.29, 0.717) is 6.04 Å². The van der Waals surface area contributed by atoms with Crippen LogP contribution in [0.15, 0.2) is 0 Å². The third kappa shape index (κ3) is 8.02. The first-order chi connectivity index (χ1) is 9.83. The maximum atomic E-state index is 10.5. The third-order valence-corrected chi connectivity index (χ3v) is 4.00. The molecule has 0 aromatic heterocycles. The van der Waals surface area contributed by atoms with Crippen LogP contribution in [0, 0.1) is 5.92 Å². The van der Waals surface area contributed by atoms with Crippen LogP contribution in [0.2, 0.25) is 0 Å². The van der Waals surface area contributed by atoms with Gasteiger partial charge in [0.05, 0.1) is 0 Å². The van der Waals surface area contributed by atoms with E-state index in [9.17, 15) is 9.59 Å². The molecule has 4 N–H and O–H groups in total. The third-order valence-electron chi connectivity index (χ3n) is 4.00. The fourth-order valence-electron chi connectivity index (χ4n) is 2.40. The molecule has 0 radical (unpaired) electrons. The van der Waals surface area contributed by atoms with Gasteiger partial charge in [0.15, 0.2) is 0 Å². The Morgan fingerprint density at radius 1 is 1.14 bits per heavy atom. The summed E-state index contributed by atoms with van der Waals surface area (Å²) in [6.45, 7) is 5.61. The standard InChI is InChI=1S/C8H15NO2.C7H15NO2/c1-6(8(10)11)9-7-4-2-3-5-7;1-4-5(2)6(8-3)7(9)10/h6-7,9H,2-5H2,1H3,(H,10,11);5-6,8H,4H2,1-3H3,(H,9,10)/t6-;5-,6-/m00/s1. The lowest BCUT2D eigenvalue weighted by Crippen LogP contribution is -2.39. The van der Waals surface area contributed by atoms with Crippen molar-refractivity contribution < 1.29 is 19.8 Å². The quantitative estimate of drug-likeness (QED) is 0.571. The molecule has 124 valence electrons. The molecule has 0 spiro atoms. The van der Waals surface area contributed by atoms with Gasteiger partial charge in [-0.1, -0.05) is 33.1 Å². The van der Waals surface area contributed by atoms with E-state index in [1.165, 1.54) is 12.8 Å². The van der Waals surface area contributed by atoms with Crippen LogP contribution in [-0.4, -0.2) is 47.3 Å². The zero-order chi connectivity index (χ0) is 16.4. The summed E-state index contributed by atoms with van der Waals surface area (Å²) in [6.07, 6.45) is 5.64. The van der Waals surface area contributed by atoms with E-state index in [1.807, 2.05) is 13.8 Å². The summed E-state index contributed by atoms with van der Waals surface area (Å²) >= 11 is 0. The van der Waals surface area contributed by atoms with Crippen LogP contribution in [0.1, 0.15) is 52.9 Å². The highest BCUT2D eigenvalue weighted by Crippen LogP contribution is 2.17. The smallest absolute Gasteiger partial charge is 0.320 e. The molecule has 0 unspecified atom stereocenters. The van der Waals surface area contributed by atoms with Gasteiger partial charge in [-0.05, 0) is 32.7 Å². The Morgan fingerprint density at radius 2 is 1.67 bits per heavy atom. The Hall–Kier alpha value is -1.14. The number of aliphatic carboxylic acids is 2. The van der Waals surface area contributed by atoms with Gasteiger partial charge in [-0.3, -0.25) is 9.59 Å². The van der Waals surface area contributed by atoms with Crippen molar-refractivity contribution in [1.82, 2.24) is 10.6 Å². The first-order valence-electron chi connectivity index (χ1n) is 7.72. The van der Waals surface area contributed by atoms with E-state index in [0.717, 1.165) is 19.3 Å². The van der Waals surface area contributed by atoms with Crippen molar-refractivity contribution >= 4 is 11.9 Å². The largest absolute Gasteiger partial charge is 0.480 e. The summed E-state index contributed by atoms with van der Waals surface area (Å²) in [5.41, 5.74) is 0. The van der Waals surface area contributed by atoms with E-state index >= 15 is 0 Å². The summed E-state index contributed by atoms with van der Waals surface area (Å²) in [4.78, 5) is 20.9. The molecule has 0 saturated heterocycles. The highest BCUT2D eigenvalue weighted by molar-refractivity contribution is 5.73. The zero-order valence-electron chi connectivity index (χ0n) is 13.6. The van der Waals surface area contributed by atoms with Crippen LogP contribution in [0.5, 0.6) is 0 Å². The van der Waals surface area contributed by atoms with Gasteiger partial charge in [0.2, 0.25) is 0 Å². The Kier molecular flexibility index (Phi) is 9.99. The molecular weight excluding hydrogens is 272 g/mol. The van der Waals surface area contributed by atoms with Gasteiger partial charge >= 0.3 is 11.9 Å².